The summed E-state index contributed by atoms with van der Waals surface area (Å²) in [4.78, 5) is 7.38. The van der Waals surface area contributed by atoms with Crippen LogP contribution in [0.3, 0.4) is 0 Å². The van der Waals surface area contributed by atoms with Gasteiger partial charge in [-0.1, -0.05) is 12.2 Å². The maximum atomic E-state index is 5.77. The number of hydrogen-bond acceptors (Lipinski definition) is 3. The second kappa shape index (κ2) is 3.79. The van der Waals surface area contributed by atoms with Crippen molar-refractivity contribution in [3.05, 3.63) is 22.7 Å². The van der Waals surface area contributed by atoms with E-state index in [0.29, 0.717) is 4.64 Å². The Morgan fingerprint density at radius 2 is 2.43 bits per heavy atom. The molecule has 1 saturated heterocycles. The summed E-state index contributed by atoms with van der Waals surface area (Å²) in [6.07, 6.45) is 5.07. The van der Waals surface area contributed by atoms with E-state index < -0.39 is 0 Å². The van der Waals surface area contributed by atoms with Crippen molar-refractivity contribution < 1.29 is 4.74 Å². The summed E-state index contributed by atoms with van der Waals surface area (Å²) < 4.78 is 6.48. The molecule has 14 heavy (non-hydrogen) atoms. The Morgan fingerprint density at radius 1 is 1.57 bits per heavy atom. The highest BCUT2D eigenvalue weighted by molar-refractivity contribution is 7.71. The van der Waals surface area contributed by atoms with Crippen LogP contribution >= 0.6 is 12.2 Å². The number of hydrogen-bond donors (Lipinski definition) is 1. The van der Waals surface area contributed by atoms with Gasteiger partial charge in [0.2, 0.25) is 0 Å². The topological polar surface area (TPSA) is 37.9 Å². The summed E-state index contributed by atoms with van der Waals surface area (Å²) >= 11 is 5.07. The molecule has 0 spiro atoms. The number of aromatic nitrogens is 2. The lowest BCUT2D eigenvalue weighted by Crippen LogP contribution is -2.32. The average molecular weight is 210 g/mol. The van der Waals surface area contributed by atoms with Gasteiger partial charge in [-0.05, 0) is 32.3 Å². The maximum absolute atomic E-state index is 5.77. The Balaban J connectivity index is 2.32. The SMILES string of the molecule is CC1(c2nccc(=S)[nH]2)CCCCO1. The first kappa shape index (κ1) is 9.80. The molecule has 1 aliphatic heterocycles. The average Bonchev–Trinajstić information content (AvgIpc) is 2.19. The third-order valence-electron chi connectivity index (χ3n) is 2.64. The number of ether oxygens (including phenoxy) is 1. The van der Waals surface area contributed by atoms with Gasteiger partial charge >= 0.3 is 0 Å². The molecule has 1 N–H and O–H groups in total. The van der Waals surface area contributed by atoms with Crippen LogP contribution in [0.2, 0.25) is 0 Å². The van der Waals surface area contributed by atoms with Gasteiger partial charge in [0.15, 0.2) is 0 Å². The van der Waals surface area contributed by atoms with Crippen molar-refractivity contribution in [1.82, 2.24) is 9.97 Å². The number of H-pyrrole nitrogens is 1. The van der Waals surface area contributed by atoms with E-state index >= 15 is 0 Å². The lowest BCUT2D eigenvalue weighted by Gasteiger charge is -2.32. The first-order valence-electron chi connectivity index (χ1n) is 4.90. The zero-order valence-electron chi connectivity index (χ0n) is 8.25. The summed E-state index contributed by atoms with van der Waals surface area (Å²) in [7, 11) is 0. The number of aromatic amines is 1. The van der Waals surface area contributed by atoms with Crippen molar-refractivity contribution in [3.8, 4) is 0 Å². The standard InChI is InChI=1S/C10H14N2OS/c1-10(5-2-3-7-13-10)9-11-6-4-8(14)12-9/h4,6H,2-3,5,7H2,1H3,(H,11,12,14). The van der Waals surface area contributed by atoms with Gasteiger partial charge in [-0.25, -0.2) is 4.98 Å². The highest BCUT2D eigenvalue weighted by Crippen LogP contribution is 2.31. The molecule has 4 heteroatoms. The first-order valence-corrected chi connectivity index (χ1v) is 5.31. The van der Waals surface area contributed by atoms with Crippen molar-refractivity contribution in [1.29, 1.82) is 0 Å². The van der Waals surface area contributed by atoms with Gasteiger partial charge in [-0.3, -0.25) is 0 Å². The third-order valence-corrected chi connectivity index (χ3v) is 2.88. The van der Waals surface area contributed by atoms with Gasteiger partial charge in [0.25, 0.3) is 0 Å². The second-order valence-electron chi connectivity index (χ2n) is 3.82. The minimum absolute atomic E-state index is 0.271. The van der Waals surface area contributed by atoms with Gasteiger partial charge in [-0.15, -0.1) is 0 Å². The van der Waals surface area contributed by atoms with E-state index in [1.807, 2.05) is 0 Å². The van der Waals surface area contributed by atoms with Crippen LogP contribution in [0, 0.1) is 4.64 Å². The molecule has 0 aliphatic carbocycles. The number of rotatable bonds is 1. The molecule has 0 radical (unpaired) electrons. The lowest BCUT2D eigenvalue weighted by atomic mass is 9.95. The van der Waals surface area contributed by atoms with Gasteiger partial charge in [0, 0.05) is 12.8 Å². The van der Waals surface area contributed by atoms with Crippen LogP contribution in [0.4, 0.5) is 0 Å². The number of nitrogens with one attached hydrogen (secondary N) is 1. The first-order chi connectivity index (χ1) is 6.71. The van der Waals surface area contributed by atoms with Crippen LogP contribution < -0.4 is 0 Å². The van der Waals surface area contributed by atoms with Crippen molar-refractivity contribution in [3.63, 3.8) is 0 Å². The maximum Gasteiger partial charge on any atom is 0.139 e. The fourth-order valence-electron chi connectivity index (χ4n) is 1.76. The smallest absolute Gasteiger partial charge is 0.139 e. The molecule has 1 aromatic heterocycles. The van der Waals surface area contributed by atoms with Crippen molar-refractivity contribution >= 4 is 12.2 Å². The van der Waals surface area contributed by atoms with E-state index in [1.54, 1.807) is 12.3 Å². The zero-order valence-corrected chi connectivity index (χ0v) is 9.06. The lowest BCUT2D eigenvalue weighted by molar-refractivity contribution is -0.0761. The molecule has 1 atom stereocenters. The van der Waals surface area contributed by atoms with E-state index in [9.17, 15) is 0 Å². The van der Waals surface area contributed by atoms with E-state index in [-0.39, 0.29) is 5.60 Å². The van der Waals surface area contributed by atoms with Crippen LogP contribution in [0.1, 0.15) is 32.0 Å². The normalized spacial score (nSPS) is 27.5. The van der Waals surface area contributed by atoms with E-state index in [1.165, 1.54) is 6.42 Å². The van der Waals surface area contributed by atoms with Crippen molar-refractivity contribution in [2.24, 2.45) is 0 Å². The fraction of sp³-hybridized carbons (Fsp3) is 0.600. The molecule has 2 rings (SSSR count). The quantitative estimate of drug-likeness (QED) is 0.724. The molecule has 1 aromatic rings. The Labute approximate surface area is 88.5 Å². The summed E-state index contributed by atoms with van der Waals surface area (Å²) in [6.45, 7) is 2.88. The van der Waals surface area contributed by atoms with Crippen LogP contribution in [-0.4, -0.2) is 16.6 Å². The van der Waals surface area contributed by atoms with Gasteiger partial charge in [0.1, 0.15) is 16.1 Å². The predicted octanol–water partition coefficient (Wildman–Crippen LogP) is 2.55. The number of nitrogens with zero attached hydrogens (tertiary/aromatic N) is 1. The Hall–Kier alpha value is -0.740. The molecule has 3 nitrogen and oxygen atoms in total. The molecular weight excluding hydrogens is 196 g/mol. The molecule has 0 bridgehead atoms. The monoisotopic (exact) mass is 210 g/mol. The highest BCUT2D eigenvalue weighted by atomic mass is 32.1. The molecule has 0 aromatic carbocycles. The van der Waals surface area contributed by atoms with Gasteiger partial charge < -0.3 is 9.72 Å². The Kier molecular flexibility index (Phi) is 2.65. The minimum atomic E-state index is -0.271. The Bertz CT molecular complexity index is 368. The third kappa shape index (κ3) is 1.86. The molecule has 1 fully saturated rings. The largest absolute Gasteiger partial charge is 0.367 e. The van der Waals surface area contributed by atoms with Gasteiger partial charge in [0.05, 0.1) is 0 Å². The van der Waals surface area contributed by atoms with Crippen molar-refractivity contribution in [2.75, 3.05) is 6.61 Å². The van der Waals surface area contributed by atoms with Gasteiger partial charge in [-0.2, -0.15) is 0 Å². The van der Waals surface area contributed by atoms with Crippen LogP contribution in [-0.2, 0) is 10.3 Å². The summed E-state index contributed by atoms with van der Waals surface area (Å²) in [6, 6.07) is 1.78. The molecule has 1 aliphatic rings. The van der Waals surface area contributed by atoms with E-state index in [4.69, 9.17) is 17.0 Å². The highest BCUT2D eigenvalue weighted by Gasteiger charge is 2.31. The van der Waals surface area contributed by atoms with Crippen LogP contribution in [0.5, 0.6) is 0 Å². The molecule has 0 saturated carbocycles. The molecule has 0 amide bonds. The van der Waals surface area contributed by atoms with Crippen LogP contribution in [0.15, 0.2) is 12.3 Å². The molecule has 2 heterocycles. The summed E-state index contributed by atoms with van der Waals surface area (Å²) in [5.41, 5.74) is -0.271. The molecule has 1 unspecified atom stereocenters. The minimum Gasteiger partial charge on any atom is -0.367 e. The van der Waals surface area contributed by atoms with Crippen LogP contribution in [0.25, 0.3) is 0 Å². The van der Waals surface area contributed by atoms with E-state index in [2.05, 4.69) is 16.9 Å². The second-order valence-corrected chi connectivity index (χ2v) is 4.26. The van der Waals surface area contributed by atoms with Crippen molar-refractivity contribution in [2.45, 2.75) is 31.8 Å². The summed E-state index contributed by atoms with van der Waals surface area (Å²) in [5.74, 6) is 0.852. The molecular formula is C10H14N2OS. The van der Waals surface area contributed by atoms with E-state index in [0.717, 1.165) is 25.3 Å². The predicted molar refractivity (Wildman–Crippen MR) is 56.6 cm³/mol. The fourth-order valence-corrected chi connectivity index (χ4v) is 1.92. The molecule has 76 valence electrons. The zero-order chi connectivity index (χ0) is 10.0. The summed E-state index contributed by atoms with van der Waals surface area (Å²) in [5, 5.41) is 0. The Morgan fingerprint density at radius 3 is 3.07 bits per heavy atom.